The predicted octanol–water partition coefficient (Wildman–Crippen LogP) is 3.18. The van der Waals surface area contributed by atoms with E-state index in [0.717, 1.165) is 37.7 Å². The van der Waals surface area contributed by atoms with Gasteiger partial charge in [0.2, 0.25) is 0 Å². The second-order valence-corrected chi connectivity index (χ2v) is 6.26. The average Bonchev–Trinajstić information content (AvgIpc) is 2.55. The number of ether oxygens (including phenoxy) is 2. The maximum absolute atomic E-state index is 6.47. The minimum atomic E-state index is 0.630. The monoisotopic (exact) mass is 326 g/mol. The highest BCUT2D eigenvalue weighted by molar-refractivity contribution is 6.33. The molecule has 0 saturated carbocycles. The summed E-state index contributed by atoms with van der Waals surface area (Å²) >= 11 is 6.47. The van der Waals surface area contributed by atoms with Gasteiger partial charge >= 0.3 is 0 Å². The number of halogens is 1. The Kier molecular flexibility index (Phi) is 6.80. The first-order chi connectivity index (χ1) is 10.7. The molecule has 1 aliphatic rings. The molecule has 1 aromatic carbocycles. The van der Waals surface area contributed by atoms with Gasteiger partial charge in [-0.05, 0) is 63.5 Å². The Bertz CT molecular complexity index is 474. The molecule has 0 amide bonds. The zero-order valence-corrected chi connectivity index (χ0v) is 14.6. The van der Waals surface area contributed by atoms with Gasteiger partial charge in [-0.2, -0.15) is 0 Å². The first-order valence-electron chi connectivity index (χ1n) is 7.95. The molecule has 0 bridgehead atoms. The molecule has 1 N–H and O–H groups in total. The number of likely N-dealkylation sites (tertiary alicyclic amines) is 1. The molecule has 1 heterocycles. The molecular formula is C17H27ClN2O2. The third kappa shape index (κ3) is 4.28. The Morgan fingerprint density at radius 1 is 1.23 bits per heavy atom. The van der Waals surface area contributed by atoms with Gasteiger partial charge in [-0.25, -0.2) is 0 Å². The largest absolute Gasteiger partial charge is 0.493 e. The fourth-order valence-corrected chi connectivity index (χ4v) is 3.37. The van der Waals surface area contributed by atoms with E-state index in [-0.39, 0.29) is 0 Å². The molecule has 0 unspecified atom stereocenters. The normalized spacial score (nSPS) is 16.7. The second kappa shape index (κ2) is 8.61. The minimum absolute atomic E-state index is 0.630. The Balaban J connectivity index is 1.95. The molecule has 22 heavy (non-hydrogen) atoms. The first kappa shape index (κ1) is 17.4. The van der Waals surface area contributed by atoms with Gasteiger partial charge in [0.15, 0.2) is 11.5 Å². The fourth-order valence-electron chi connectivity index (χ4n) is 3.07. The van der Waals surface area contributed by atoms with Gasteiger partial charge in [0, 0.05) is 6.54 Å². The molecule has 0 aliphatic carbocycles. The van der Waals surface area contributed by atoms with Crippen molar-refractivity contribution >= 4 is 11.6 Å². The van der Waals surface area contributed by atoms with E-state index < -0.39 is 0 Å². The second-order valence-electron chi connectivity index (χ2n) is 5.89. The van der Waals surface area contributed by atoms with E-state index in [0.29, 0.717) is 16.5 Å². The summed E-state index contributed by atoms with van der Waals surface area (Å²) in [6, 6.07) is 3.97. The van der Waals surface area contributed by atoms with Gasteiger partial charge < -0.3 is 14.8 Å². The van der Waals surface area contributed by atoms with Crippen LogP contribution in [0, 0.1) is 5.92 Å². The van der Waals surface area contributed by atoms with Crippen molar-refractivity contribution in [2.45, 2.75) is 25.8 Å². The zero-order valence-electron chi connectivity index (χ0n) is 13.8. The van der Waals surface area contributed by atoms with E-state index in [2.05, 4.69) is 10.2 Å². The van der Waals surface area contributed by atoms with Crippen molar-refractivity contribution in [3.8, 4) is 11.5 Å². The van der Waals surface area contributed by atoms with E-state index >= 15 is 0 Å². The van der Waals surface area contributed by atoms with Crippen LogP contribution in [-0.4, -0.2) is 45.8 Å². The van der Waals surface area contributed by atoms with Crippen molar-refractivity contribution in [2.24, 2.45) is 5.92 Å². The van der Waals surface area contributed by atoms with Crippen molar-refractivity contribution in [3.63, 3.8) is 0 Å². The van der Waals surface area contributed by atoms with Gasteiger partial charge in [-0.3, -0.25) is 4.90 Å². The van der Waals surface area contributed by atoms with Crippen molar-refractivity contribution in [3.05, 3.63) is 22.7 Å². The maximum atomic E-state index is 6.47. The molecule has 1 fully saturated rings. The summed E-state index contributed by atoms with van der Waals surface area (Å²) in [5.74, 6) is 2.16. The van der Waals surface area contributed by atoms with Gasteiger partial charge in [0.25, 0.3) is 0 Å². The maximum Gasteiger partial charge on any atom is 0.179 e. The molecule has 1 aromatic rings. The molecule has 2 rings (SSSR count). The highest BCUT2D eigenvalue weighted by atomic mass is 35.5. The zero-order chi connectivity index (χ0) is 15.9. The van der Waals surface area contributed by atoms with E-state index in [4.69, 9.17) is 21.1 Å². The van der Waals surface area contributed by atoms with Crippen LogP contribution >= 0.6 is 11.6 Å². The molecule has 1 saturated heterocycles. The number of piperidine rings is 1. The van der Waals surface area contributed by atoms with Gasteiger partial charge in [0.05, 0.1) is 19.2 Å². The van der Waals surface area contributed by atoms with Crippen LogP contribution in [0.2, 0.25) is 5.02 Å². The Hall–Kier alpha value is -0.970. The molecule has 0 atom stereocenters. The number of hydrogen-bond donors (Lipinski definition) is 1. The van der Waals surface area contributed by atoms with Crippen LogP contribution in [0.25, 0.3) is 0 Å². The van der Waals surface area contributed by atoms with Crippen molar-refractivity contribution in [1.82, 2.24) is 10.2 Å². The average molecular weight is 327 g/mol. The lowest BCUT2D eigenvalue weighted by molar-refractivity contribution is 0.172. The smallest absolute Gasteiger partial charge is 0.179 e. The molecule has 124 valence electrons. The predicted molar refractivity (Wildman–Crippen MR) is 91.1 cm³/mol. The van der Waals surface area contributed by atoms with Crippen molar-refractivity contribution in [1.29, 1.82) is 0 Å². The lowest BCUT2D eigenvalue weighted by atomic mass is 9.93. The summed E-state index contributed by atoms with van der Waals surface area (Å²) in [5, 5.41) is 3.91. The highest BCUT2D eigenvalue weighted by Gasteiger charge is 2.21. The fraction of sp³-hybridized carbons (Fsp3) is 0.647. The Morgan fingerprint density at radius 3 is 2.55 bits per heavy atom. The number of rotatable bonds is 7. The third-order valence-electron chi connectivity index (χ3n) is 4.47. The van der Waals surface area contributed by atoms with Crippen LogP contribution in [0.5, 0.6) is 11.5 Å². The molecular weight excluding hydrogens is 300 g/mol. The number of nitrogens with zero attached hydrogens (tertiary/aromatic N) is 1. The number of nitrogens with one attached hydrogen (secondary N) is 1. The highest BCUT2D eigenvalue weighted by Crippen LogP contribution is 2.38. The summed E-state index contributed by atoms with van der Waals surface area (Å²) in [7, 11) is 5.28. The van der Waals surface area contributed by atoms with E-state index in [1.165, 1.54) is 19.3 Å². The van der Waals surface area contributed by atoms with Crippen LogP contribution in [0.1, 0.15) is 24.8 Å². The molecule has 5 heteroatoms. The van der Waals surface area contributed by atoms with Gasteiger partial charge in [-0.1, -0.05) is 17.7 Å². The molecule has 1 aliphatic heterocycles. The molecule has 0 aromatic heterocycles. The Morgan fingerprint density at radius 2 is 1.95 bits per heavy atom. The van der Waals surface area contributed by atoms with Gasteiger partial charge in [-0.15, -0.1) is 0 Å². The van der Waals surface area contributed by atoms with E-state index in [1.54, 1.807) is 14.2 Å². The number of methoxy groups -OCH3 is 2. The topological polar surface area (TPSA) is 33.7 Å². The quantitative estimate of drug-likeness (QED) is 0.834. The van der Waals surface area contributed by atoms with Crippen LogP contribution in [0.3, 0.4) is 0 Å². The van der Waals surface area contributed by atoms with Crippen molar-refractivity contribution in [2.75, 3.05) is 40.9 Å². The van der Waals surface area contributed by atoms with E-state index in [1.807, 2.05) is 19.2 Å². The van der Waals surface area contributed by atoms with Crippen LogP contribution in [0.15, 0.2) is 12.1 Å². The van der Waals surface area contributed by atoms with Gasteiger partial charge in [0.1, 0.15) is 0 Å². The summed E-state index contributed by atoms with van der Waals surface area (Å²) in [5.41, 5.74) is 1.10. The summed E-state index contributed by atoms with van der Waals surface area (Å²) in [6.45, 7) is 4.27. The molecule has 0 radical (unpaired) electrons. The van der Waals surface area contributed by atoms with Crippen LogP contribution < -0.4 is 14.8 Å². The van der Waals surface area contributed by atoms with Crippen molar-refractivity contribution < 1.29 is 9.47 Å². The SMILES string of the molecule is CNCCC1CCN(Cc2ccc(OC)c(OC)c2Cl)CC1. The van der Waals surface area contributed by atoms with E-state index in [9.17, 15) is 0 Å². The standard InChI is InChI=1S/C17H27ClN2O2/c1-19-9-6-13-7-10-20(11-8-13)12-14-4-5-15(21-2)17(22-3)16(14)18/h4-5,13,19H,6-12H2,1-3H3. The van der Waals surface area contributed by atoms with Crippen LogP contribution in [-0.2, 0) is 6.54 Å². The minimum Gasteiger partial charge on any atom is -0.493 e. The number of hydrogen-bond acceptors (Lipinski definition) is 4. The number of benzene rings is 1. The molecule has 0 spiro atoms. The third-order valence-corrected chi connectivity index (χ3v) is 4.88. The molecule has 4 nitrogen and oxygen atoms in total. The lowest BCUT2D eigenvalue weighted by Crippen LogP contribution is -2.34. The summed E-state index contributed by atoms with van der Waals surface area (Å²) < 4.78 is 10.7. The lowest BCUT2D eigenvalue weighted by Gasteiger charge is -2.32. The summed E-state index contributed by atoms with van der Waals surface area (Å²) in [6.07, 6.45) is 3.82. The first-order valence-corrected chi connectivity index (χ1v) is 8.33. The van der Waals surface area contributed by atoms with Crippen LogP contribution in [0.4, 0.5) is 0 Å². The summed E-state index contributed by atoms with van der Waals surface area (Å²) in [4.78, 5) is 2.48. The Labute approximate surface area is 138 Å².